The van der Waals surface area contributed by atoms with E-state index in [0.717, 1.165) is 11.3 Å². The summed E-state index contributed by atoms with van der Waals surface area (Å²) in [7, 11) is 0. The second-order valence-electron chi connectivity index (χ2n) is 5.98. The number of carbonyl (C=O) groups excluding carboxylic acids is 1. The van der Waals surface area contributed by atoms with Gasteiger partial charge in [-0.25, -0.2) is 9.78 Å². The highest BCUT2D eigenvalue weighted by atomic mass is 32.1. The molecular formula is C22H19N3O2S. The fourth-order valence-electron chi connectivity index (χ4n) is 2.54. The number of ether oxygens (including phenoxy) is 1. The van der Waals surface area contributed by atoms with Crippen LogP contribution in [0.25, 0.3) is 16.8 Å². The number of nitrogens with zero attached hydrogens (tertiary/aromatic N) is 2. The van der Waals surface area contributed by atoms with Crippen LogP contribution in [0, 0.1) is 18.3 Å². The fourth-order valence-corrected chi connectivity index (χ4v) is 3.34. The first kappa shape index (κ1) is 19.3. The number of carbonyl (C=O) groups is 1. The highest BCUT2D eigenvalue weighted by Crippen LogP contribution is 2.26. The third-order valence-electron chi connectivity index (χ3n) is 4.00. The van der Waals surface area contributed by atoms with Crippen molar-refractivity contribution in [2.24, 2.45) is 0 Å². The number of rotatable bonds is 6. The van der Waals surface area contributed by atoms with E-state index in [0.29, 0.717) is 28.4 Å². The van der Waals surface area contributed by atoms with Crippen LogP contribution in [0.4, 0.5) is 5.69 Å². The van der Waals surface area contributed by atoms with Crippen molar-refractivity contribution >= 4 is 28.6 Å². The maximum absolute atomic E-state index is 12.1. The van der Waals surface area contributed by atoms with E-state index >= 15 is 0 Å². The van der Waals surface area contributed by atoms with Crippen molar-refractivity contribution in [3.63, 3.8) is 0 Å². The zero-order valence-electron chi connectivity index (χ0n) is 15.6. The van der Waals surface area contributed by atoms with E-state index in [4.69, 9.17) is 4.74 Å². The summed E-state index contributed by atoms with van der Waals surface area (Å²) in [5.41, 5.74) is 4.39. The number of benzene rings is 2. The van der Waals surface area contributed by atoms with Crippen LogP contribution >= 0.6 is 11.3 Å². The summed E-state index contributed by atoms with van der Waals surface area (Å²) in [6.45, 7) is 4.09. The van der Waals surface area contributed by atoms with E-state index in [9.17, 15) is 10.1 Å². The Morgan fingerprint density at radius 3 is 2.71 bits per heavy atom. The molecule has 0 unspecified atom stereocenters. The molecule has 0 aliphatic heterocycles. The molecule has 1 aromatic heterocycles. The van der Waals surface area contributed by atoms with Crippen LogP contribution in [0.15, 0.2) is 60.1 Å². The molecular weight excluding hydrogens is 370 g/mol. The molecule has 140 valence electrons. The summed E-state index contributed by atoms with van der Waals surface area (Å²) < 4.78 is 5.07. The molecule has 0 saturated heterocycles. The number of anilines is 1. The van der Waals surface area contributed by atoms with Gasteiger partial charge in [0.05, 0.1) is 23.6 Å². The number of allylic oxidation sites excluding steroid dienone is 1. The molecule has 6 heteroatoms. The molecule has 0 fully saturated rings. The Kier molecular flexibility index (Phi) is 6.20. The summed E-state index contributed by atoms with van der Waals surface area (Å²) in [5.74, 6) is -0.409. The van der Waals surface area contributed by atoms with E-state index in [1.807, 2.05) is 42.6 Å². The third kappa shape index (κ3) is 4.45. The van der Waals surface area contributed by atoms with E-state index in [1.54, 1.807) is 31.3 Å². The van der Waals surface area contributed by atoms with Crippen LogP contribution in [0.1, 0.15) is 27.9 Å². The molecule has 2 aromatic carbocycles. The largest absolute Gasteiger partial charge is 0.462 e. The van der Waals surface area contributed by atoms with E-state index in [2.05, 4.69) is 16.4 Å². The predicted octanol–water partition coefficient (Wildman–Crippen LogP) is 5.27. The standard InChI is InChI=1S/C22H19N3O2S/c1-3-27-22(26)18-6-4-5-7-19(18)24-13-17(12-23)21-25-20(14-28-21)16-10-8-15(2)9-11-16/h4-11,13-14,24H,3H2,1-2H3/b17-13-. The van der Waals surface area contributed by atoms with E-state index in [-0.39, 0.29) is 0 Å². The Bertz CT molecular complexity index is 1050. The van der Waals surface area contributed by atoms with Gasteiger partial charge >= 0.3 is 5.97 Å². The first-order valence-electron chi connectivity index (χ1n) is 8.78. The van der Waals surface area contributed by atoms with Crippen LogP contribution in [-0.2, 0) is 4.74 Å². The molecule has 5 nitrogen and oxygen atoms in total. The second kappa shape index (κ2) is 8.98. The van der Waals surface area contributed by atoms with Crippen molar-refractivity contribution in [3.05, 3.63) is 76.2 Å². The molecule has 0 radical (unpaired) electrons. The van der Waals surface area contributed by atoms with Crippen LogP contribution in [-0.4, -0.2) is 17.6 Å². The van der Waals surface area contributed by atoms with E-state index in [1.165, 1.54) is 16.9 Å². The molecule has 0 atom stereocenters. The number of thiazole rings is 1. The number of esters is 1. The van der Waals surface area contributed by atoms with Crippen molar-refractivity contribution in [3.8, 4) is 17.3 Å². The quantitative estimate of drug-likeness (QED) is 0.459. The van der Waals surface area contributed by atoms with Crippen molar-refractivity contribution in [1.82, 2.24) is 4.98 Å². The van der Waals surface area contributed by atoms with Crippen molar-refractivity contribution < 1.29 is 9.53 Å². The second-order valence-corrected chi connectivity index (χ2v) is 6.84. The van der Waals surface area contributed by atoms with Gasteiger partial charge < -0.3 is 10.1 Å². The van der Waals surface area contributed by atoms with Crippen LogP contribution in [0.3, 0.4) is 0 Å². The van der Waals surface area contributed by atoms with Gasteiger partial charge in [0.15, 0.2) is 0 Å². The topological polar surface area (TPSA) is 75.0 Å². The summed E-state index contributed by atoms with van der Waals surface area (Å²) in [5, 5.41) is 15.1. The van der Waals surface area contributed by atoms with Gasteiger partial charge in [0.2, 0.25) is 0 Å². The Balaban J connectivity index is 1.83. The number of nitriles is 1. The fraction of sp³-hybridized carbons (Fsp3) is 0.136. The van der Waals surface area contributed by atoms with Crippen molar-refractivity contribution in [2.75, 3.05) is 11.9 Å². The first-order valence-corrected chi connectivity index (χ1v) is 9.66. The van der Waals surface area contributed by atoms with Gasteiger partial charge in [0.1, 0.15) is 16.6 Å². The van der Waals surface area contributed by atoms with Crippen molar-refractivity contribution in [2.45, 2.75) is 13.8 Å². The minimum absolute atomic E-state index is 0.299. The SMILES string of the molecule is CCOC(=O)c1ccccc1N/C=C(/C#N)c1nc(-c2ccc(C)cc2)cs1. The molecule has 0 aliphatic carbocycles. The average molecular weight is 389 g/mol. The van der Waals surface area contributed by atoms with Gasteiger partial charge in [0, 0.05) is 17.1 Å². The Labute approximate surface area is 167 Å². The molecule has 3 aromatic rings. The zero-order chi connectivity index (χ0) is 19.9. The normalized spacial score (nSPS) is 11.0. The predicted molar refractivity (Wildman–Crippen MR) is 112 cm³/mol. The number of aryl methyl sites for hydroxylation is 1. The molecule has 1 N–H and O–H groups in total. The molecule has 0 amide bonds. The molecule has 0 aliphatic rings. The first-order chi connectivity index (χ1) is 13.6. The minimum Gasteiger partial charge on any atom is -0.462 e. The molecule has 0 saturated carbocycles. The Morgan fingerprint density at radius 2 is 2.00 bits per heavy atom. The summed E-state index contributed by atoms with van der Waals surface area (Å²) in [4.78, 5) is 16.7. The number of hydrogen-bond acceptors (Lipinski definition) is 6. The lowest BCUT2D eigenvalue weighted by atomic mass is 10.1. The van der Waals surface area contributed by atoms with Crippen LogP contribution in [0.5, 0.6) is 0 Å². The zero-order valence-corrected chi connectivity index (χ0v) is 16.4. The van der Waals surface area contributed by atoms with Crippen LogP contribution < -0.4 is 5.32 Å². The van der Waals surface area contributed by atoms with Gasteiger partial charge in [-0.3, -0.25) is 0 Å². The summed E-state index contributed by atoms with van der Waals surface area (Å²) >= 11 is 1.40. The summed E-state index contributed by atoms with van der Waals surface area (Å²) in [6.07, 6.45) is 1.57. The van der Waals surface area contributed by atoms with Gasteiger partial charge in [-0.2, -0.15) is 5.26 Å². The minimum atomic E-state index is -0.409. The number of para-hydroxylation sites is 1. The molecule has 28 heavy (non-hydrogen) atoms. The highest BCUT2D eigenvalue weighted by Gasteiger charge is 2.12. The number of nitrogens with one attached hydrogen (secondary N) is 1. The molecule has 3 rings (SSSR count). The van der Waals surface area contributed by atoms with Gasteiger partial charge in [-0.1, -0.05) is 42.0 Å². The highest BCUT2D eigenvalue weighted by molar-refractivity contribution is 7.11. The molecule has 0 bridgehead atoms. The maximum atomic E-state index is 12.1. The average Bonchev–Trinajstić information content (AvgIpc) is 3.19. The lowest BCUT2D eigenvalue weighted by Crippen LogP contribution is -2.07. The number of hydrogen-bond donors (Lipinski definition) is 1. The third-order valence-corrected chi connectivity index (χ3v) is 4.87. The van der Waals surface area contributed by atoms with Crippen molar-refractivity contribution in [1.29, 1.82) is 5.26 Å². The lowest BCUT2D eigenvalue weighted by molar-refractivity contribution is 0.0527. The van der Waals surface area contributed by atoms with Crippen LogP contribution in [0.2, 0.25) is 0 Å². The van der Waals surface area contributed by atoms with Gasteiger partial charge in [-0.15, -0.1) is 11.3 Å². The smallest absolute Gasteiger partial charge is 0.340 e. The number of aromatic nitrogens is 1. The molecule has 0 spiro atoms. The van der Waals surface area contributed by atoms with E-state index < -0.39 is 5.97 Å². The lowest BCUT2D eigenvalue weighted by Gasteiger charge is -2.08. The van der Waals surface area contributed by atoms with Gasteiger partial charge in [-0.05, 0) is 26.0 Å². The monoisotopic (exact) mass is 389 g/mol. The summed E-state index contributed by atoms with van der Waals surface area (Å²) in [6, 6.07) is 17.3. The Morgan fingerprint density at radius 1 is 1.25 bits per heavy atom. The maximum Gasteiger partial charge on any atom is 0.340 e. The van der Waals surface area contributed by atoms with Gasteiger partial charge in [0.25, 0.3) is 0 Å². The Hall–Kier alpha value is -3.43. The molecule has 1 heterocycles.